The van der Waals surface area contributed by atoms with E-state index in [1.165, 1.54) is 75.4 Å². The van der Waals surface area contributed by atoms with Gasteiger partial charge in [-0.05, 0) is 70.9 Å². The van der Waals surface area contributed by atoms with Crippen molar-refractivity contribution in [2.24, 2.45) is 27.4 Å². The second-order valence-electron chi connectivity index (χ2n) is 33.4. The van der Waals surface area contributed by atoms with E-state index in [0.29, 0.717) is 6.61 Å². The van der Waals surface area contributed by atoms with Crippen molar-refractivity contribution >= 4 is 69.5 Å². The molecule has 6 aliphatic rings. The van der Waals surface area contributed by atoms with E-state index in [2.05, 4.69) is 81.2 Å². The highest BCUT2D eigenvalue weighted by Gasteiger charge is 2.60. The number of hydrogen-bond acceptors (Lipinski definition) is 45. The number of nitrogens with two attached hydrogens (primary N) is 3. The molecule has 820 valence electrons. The number of allylic oxidation sites excluding steroid dienone is 5. The molecule has 0 aromatic heterocycles. The summed E-state index contributed by atoms with van der Waals surface area (Å²) in [6.07, 6.45) is -25.8. The minimum atomic E-state index is -5.25. The van der Waals surface area contributed by atoms with Crippen molar-refractivity contribution in [3.63, 3.8) is 0 Å². The van der Waals surface area contributed by atoms with Crippen LogP contribution in [0.25, 0.3) is 20.9 Å². The molecule has 0 aromatic carbocycles. The van der Waals surface area contributed by atoms with E-state index in [0.717, 1.165) is 70.8 Å². The van der Waals surface area contributed by atoms with Gasteiger partial charge in [-0.3, -0.25) is 46.9 Å². The molecule has 0 bridgehead atoms. The molecular formula is C83H143N13O45P2. The Morgan fingerprint density at radius 2 is 0.762 bits per heavy atom. The Labute approximate surface area is 823 Å². The number of phosphoric ester groups is 2. The molecule has 25 N–H and O–H groups in total. The molecule has 6 aliphatic heterocycles. The molecule has 6 heterocycles. The van der Waals surface area contributed by atoms with E-state index >= 15 is 0 Å². The number of amides is 7. The second-order valence-corrected chi connectivity index (χ2v) is 36.2. The molecule has 6 saturated heterocycles. The predicted molar refractivity (Wildman–Crippen MR) is 482 cm³/mol. The number of aliphatic hydroxyl groups is 13. The molecule has 143 heavy (non-hydrogen) atoms. The average Bonchev–Trinajstić information content (AvgIpc) is 0.767. The molecule has 6 fully saturated rings. The number of primary amides is 3. The second kappa shape index (κ2) is 69.9. The van der Waals surface area contributed by atoms with Gasteiger partial charge in [0, 0.05) is 30.3 Å². The Morgan fingerprint density at radius 1 is 0.413 bits per heavy atom. The van der Waals surface area contributed by atoms with Crippen molar-refractivity contribution in [1.82, 2.24) is 21.3 Å². The third-order valence-electron chi connectivity index (χ3n) is 22.2. The molecule has 0 aliphatic carbocycles. The molecule has 0 spiro atoms. The third kappa shape index (κ3) is 46.1. The zero-order valence-corrected chi connectivity index (χ0v) is 81.3. The molecule has 7 amide bonds. The summed E-state index contributed by atoms with van der Waals surface area (Å²) in [5.74, 6) is -6.35. The van der Waals surface area contributed by atoms with Crippen LogP contribution in [0.1, 0.15) is 171 Å². The van der Waals surface area contributed by atoms with Crippen LogP contribution in [0.3, 0.4) is 0 Å². The van der Waals surface area contributed by atoms with Gasteiger partial charge < -0.3 is 176 Å². The number of aliphatic hydroxyl groups excluding tert-OH is 13. The Hall–Kier alpha value is -8.09. The number of nitrogens with one attached hydrogen (secondary N) is 4. The number of hydrogen-bond donors (Lipinski definition) is 22. The van der Waals surface area contributed by atoms with E-state index in [4.69, 9.17) is 127 Å². The number of azide groups is 2. The van der Waals surface area contributed by atoms with Crippen LogP contribution >= 0.6 is 15.6 Å². The Kier molecular flexibility index (Phi) is 64.1. The third-order valence-corrected chi connectivity index (χ3v) is 24.2. The maximum atomic E-state index is 13.3. The highest BCUT2D eigenvalue weighted by Crippen LogP contribution is 2.49. The summed E-state index contributed by atoms with van der Waals surface area (Å²) in [4.78, 5) is 146. The van der Waals surface area contributed by atoms with Gasteiger partial charge in [0.15, 0.2) is 62.2 Å². The van der Waals surface area contributed by atoms with E-state index in [9.17, 15) is 119 Å². The monoisotopic (exact) mass is 2100 g/mol. The summed E-state index contributed by atoms with van der Waals surface area (Å²) >= 11 is 0. The molecule has 6 rings (SSSR count). The number of phosphoric acid groups is 2. The highest BCUT2D eigenvalue weighted by molar-refractivity contribution is 7.47. The van der Waals surface area contributed by atoms with Gasteiger partial charge in [0.05, 0.1) is 59.5 Å². The molecule has 14 unspecified atom stereocenters. The number of carbonyl (C=O) groups is 7. The van der Waals surface area contributed by atoms with Gasteiger partial charge in [0.1, 0.15) is 135 Å². The molecular weight excluding hydrogens is 1960 g/mol. The SMILES string of the molecule is C.CC(=O)NC1[C@H](OC2[C@@H](OP(=O)(O)OCCOC/C=C(/C)CC/C=C(\C)CCC=C(C)C)OC(C(N)=O)[C@H](O)[C@@H]2O)OC(CO)[C@@H](O[C@@H]2OC(CO)[C@H](O)[C@H](O)C2NC(=O)CN=[N+]=[N-])[C@@H]1O.CCCCCCCCCCCCCCCCOCCOP(=O)(O)O[C@H]1OC(C(N)=O)[C@@H](O)[C@H](OC(N)=O)C1O[C@@H]1OC(CO)[C@@H](O[C@@H]2OC(CO)[C@H](O)[C@H](O)C2NC(=O)CN=[N+]=[N-])[C@H](O)C1NC(C)=O.O=C=O.O=C=O. The van der Waals surface area contributed by atoms with Gasteiger partial charge in [-0.15, -0.1) is 0 Å². The van der Waals surface area contributed by atoms with Gasteiger partial charge in [-0.2, -0.15) is 19.2 Å². The zero-order valence-electron chi connectivity index (χ0n) is 79.5. The molecule has 58 nitrogen and oxygen atoms in total. The fourth-order valence-corrected chi connectivity index (χ4v) is 16.8. The average molecular weight is 2110 g/mol. The van der Waals surface area contributed by atoms with Crippen molar-refractivity contribution in [3.05, 3.63) is 55.8 Å². The molecule has 0 aromatic rings. The van der Waals surface area contributed by atoms with Crippen molar-refractivity contribution in [2.75, 3.05) is 79.2 Å². The lowest BCUT2D eigenvalue weighted by Gasteiger charge is -2.49. The van der Waals surface area contributed by atoms with Gasteiger partial charge in [0.25, 0.3) is 0 Å². The van der Waals surface area contributed by atoms with E-state index < -0.39 is 294 Å². The number of ether oxygens (including phenoxy) is 13. The Balaban J connectivity index is 0.000000911. The predicted octanol–water partition coefficient (Wildman–Crippen LogP) is -3.22. The smallest absolute Gasteiger partial charge is 0.440 e. The number of rotatable bonds is 58. The fraction of sp³-hybridized carbons (Fsp3) is 0.819. The summed E-state index contributed by atoms with van der Waals surface area (Å²) in [7, 11) is -10.5. The van der Waals surface area contributed by atoms with Crippen LogP contribution < -0.4 is 38.5 Å². The fourth-order valence-electron chi connectivity index (χ4n) is 15.2. The van der Waals surface area contributed by atoms with Crippen molar-refractivity contribution < 1.29 is 218 Å². The first-order valence-corrected chi connectivity index (χ1v) is 48.6. The molecule has 32 atom stereocenters. The van der Waals surface area contributed by atoms with Crippen molar-refractivity contribution in [1.29, 1.82) is 0 Å². The van der Waals surface area contributed by atoms with Gasteiger partial charge in [-0.1, -0.05) is 143 Å². The number of unbranched alkanes of at least 4 members (excludes halogenated alkanes) is 13. The normalized spacial score (nSPS) is 31.4. The summed E-state index contributed by atoms with van der Waals surface area (Å²) in [6, 6.07) is -6.94. The van der Waals surface area contributed by atoms with Gasteiger partial charge >= 0.3 is 34.0 Å². The molecule has 0 saturated carbocycles. The number of carbonyl (C=O) groups excluding carboxylic acids is 11. The number of nitrogens with zero attached hydrogens (tertiary/aromatic N) is 6. The lowest BCUT2D eigenvalue weighted by molar-refractivity contribution is -0.358. The van der Waals surface area contributed by atoms with Gasteiger partial charge in [-0.25, -0.2) is 13.9 Å². The minimum absolute atomic E-state index is 0. The highest BCUT2D eigenvalue weighted by atomic mass is 31.2. The maximum Gasteiger partial charge on any atom is 0.474 e. The van der Waals surface area contributed by atoms with Crippen LogP contribution in [0.5, 0.6) is 0 Å². The van der Waals surface area contributed by atoms with Crippen molar-refractivity contribution in [2.45, 2.75) is 355 Å². The summed E-state index contributed by atoms with van der Waals surface area (Å²) in [5, 5.41) is 155. The summed E-state index contributed by atoms with van der Waals surface area (Å²) in [6.45, 7) is 6.18. The summed E-state index contributed by atoms with van der Waals surface area (Å²) < 4.78 is 120. The first-order chi connectivity index (χ1) is 67.3. The van der Waals surface area contributed by atoms with E-state index in [-0.39, 0.29) is 39.6 Å². The van der Waals surface area contributed by atoms with Gasteiger partial charge in [0.2, 0.25) is 35.4 Å². The van der Waals surface area contributed by atoms with Crippen LogP contribution in [-0.4, -0.2) is 393 Å². The summed E-state index contributed by atoms with van der Waals surface area (Å²) in [5.41, 5.74) is 36.9. The zero-order chi connectivity index (χ0) is 107. The Bertz CT molecular complexity index is 4160. The van der Waals surface area contributed by atoms with Crippen LogP contribution in [0.2, 0.25) is 0 Å². The van der Waals surface area contributed by atoms with Crippen LogP contribution in [-0.2, 0) is 137 Å². The maximum absolute atomic E-state index is 13.3. The standard InChI is InChI=1S/C41H74N7O21P.C39H65N6O20P.2CO2.CH4/c1-3-4-5-6-7-8-9-10-11-12-13-14-15-16-17-61-18-19-62-70(59,60)69-40-36(34(68-41(43)58)32(56)35(66-40)37(42)57)67-39-28(46-23(2)51)31(55)33(25(22-50)64-39)65-38-27(47-26(52)20-45-48-44)30(54)29(53)24(21-49)63-38;1-19(2)8-6-9-20(3)10-7-11-21(4)12-13-58-14-15-59-66(56,57)65-39-35(32(54)31(53)34(63-39)36(40)55)64-38-27(43-22(5)48)30(52)33(24(18-47)61-38)62-37-26(44-25(49)16-42-45-41)29(51)28(50)23(17-46)60-37;2*2-1-3;/h24-25,27-36,38-40,49-50,53-56H,3-22H2,1-2H3,(H2,42,57)(H2,43,58)(H,46,51)(H,47,52)(H,59,60);8,10,12,23-24,26-35,37-39,46-47,50-54H,6-7,9,11,13-18H2,1-5H3,(H2,40,55)(H,43,48)(H,44,49)(H,56,57);;;1H4/b;20-10+,21-12-;;;/t24?,25?,27?,28?,29-,30+,31+,32-,33+,34-,35?,36?,38-,39-,40+;23?,24?,26?,27?,28-,29+,30+,31+,32-,33+,34?,35?,37-,38-,39+;;;/m00.../s1. The first-order valence-electron chi connectivity index (χ1n) is 45.6. The molecule has 60 heteroatoms. The van der Waals surface area contributed by atoms with Crippen LogP contribution in [0.15, 0.2) is 45.2 Å². The van der Waals surface area contributed by atoms with E-state index in [1.807, 2.05) is 13.0 Å². The van der Waals surface area contributed by atoms with Crippen molar-refractivity contribution in [3.8, 4) is 0 Å². The van der Waals surface area contributed by atoms with Crippen LogP contribution in [0, 0.1) is 0 Å². The largest absolute Gasteiger partial charge is 0.474 e. The lowest BCUT2D eigenvalue weighted by atomic mass is 9.94. The molecule has 0 radical (unpaired) electrons. The quantitative estimate of drug-likeness (QED) is 0.00711. The minimum Gasteiger partial charge on any atom is -0.440 e. The van der Waals surface area contributed by atoms with E-state index in [1.54, 1.807) is 0 Å². The first kappa shape index (κ1) is 131. The van der Waals surface area contributed by atoms with Crippen LogP contribution in [0.4, 0.5) is 4.79 Å². The Morgan fingerprint density at radius 3 is 1.14 bits per heavy atom. The topological polar surface area (TPSA) is 906 Å². The lowest BCUT2D eigenvalue weighted by Crippen LogP contribution is -2.70.